The van der Waals surface area contributed by atoms with Crippen LogP contribution < -0.4 is 5.32 Å². The number of hydrogen-bond acceptors (Lipinski definition) is 5. The summed E-state index contributed by atoms with van der Waals surface area (Å²) in [4.78, 5) is 23.2. The van der Waals surface area contributed by atoms with Crippen molar-refractivity contribution in [3.63, 3.8) is 0 Å². The van der Waals surface area contributed by atoms with Gasteiger partial charge < -0.3 is 25.7 Å². The first-order valence-corrected chi connectivity index (χ1v) is 6.37. The first-order chi connectivity index (χ1) is 8.99. The maximum absolute atomic E-state index is 12.1. The summed E-state index contributed by atoms with van der Waals surface area (Å²) in [6, 6.07) is 0. The fraction of sp³-hybridized carbons (Fsp3) is 0.833. The zero-order valence-electron chi connectivity index (χ0n) is 10.7. The van der Waals surface area contributed by atoms with Gasteiger partial charge in [-0.25, -0.2) is 0 Å². The normalized spacial score (nSPS) is 23.9. The number of aliphatic hydroxyl groups excluding tert-OH is 3. The highest BCUT2D eigenvalue weighted by Gasteiger charge is 2.39. The van der Waals surface area contributed by atoms with Crippen molar-refractivity contribution < 1.29 is 30.0 Å². The molecule has 19 heavy (non-hydrogen) atoms. The van der Waals surface area contributed by atoms with Crippen LogP contribution in [0.4, 0.5) is 0 Å². The van der Waals surface area contributed by atoms with Gasteiger partial charge in [0.1, 0.15) is 5.54 Å². The van der Waals surface area contributed by atoms with Crippen molar-refractivity contribution in [3.8, 4) is 0 Å². The third-order valence-corrected chi connectivity index (χ3v) is 3.72. The topological polar surface area (TPSA) is 127 Å². The Morgan fingerprint density at radius 1 is 1.00 bits per heavy atom. The van der Waals surface area contributed by atoms with Crippen molar-refractivity contribution in [1.82, 2.24) is 5.32 Å². The van der Waals surface area contributed by atoms with Crippen LogP contribution in [0.25, 0.3) is 0 Å². The van der Waals surface area contributed by atoms with Crippen molar-refractivity contribution >= 4 is 11.9 Å². The minimum Gasteiger partial charge on any atom is -0.481 e. The Hall–Kier alpha value is -1.18. The van der Waals surface area contributed by atoms with Gasteiger partial charge in [-0.05, 0) is 12.8 Å². The van der Waals surface area contributed by atoms with Gasteiger partial charge in [0.25, 0.3) is 0 Å². The number of carbonyl (C=O) groups is 2. The molecular weight excluding hydrogens is 254 g/mol. The molecule has 1 fully saturated rings. The van der Waals surface area contributed by atoms with Gasteiger partial charge >= 0.3 is 5.97 Å². The van der Waals surface area contributed by atoms with Crippen LogP contribution in [0.5, 0.6) is 0 Å². The summed E-state index contributed by atoms with van der Waals surface area (Å²) in [5, 5.41) is 38.9. The minimum atomic E-state index is -1.50. The molecule has 110 valence electrons. The van der Waals surface area contributed by atoms with Crippen LogP contribution in [-0.4, -0.2) is 57.7 Å². The molecule has 0 aliphatic heterocycles. The smallest absolute Gasteiger partial charge is 0.307 e. The van der Waals surface area contributed by atoms with Gasteiger partial charge in [0.05, 0.1) is 31.7 Å². The largest absolute Gasteiger partial charge is 0.481 e. The lowest BCUT2D eigenvalue weighted by atomic mass is 9.78. The monoisotopic (exact) mass is 275 g/mol. The molecule has 2 atom stereocenters. The standard InChI is InChI=1S/C12H21NO6/c14-5-12(6-15,7-16)13-10(17)8-3-1-2-4-9(8)11(18)19/h8-9,14-16H,1-7H2,(H,13,17)(H,18,19). The first-order valence-electron chi connectivity index (χ1n) is 6.37. The van der Waals surface area contributed by atoms with Crippen molar-refractivity contribution in [2.75, 3.05) is 19.8 Å². The fourth-order valence-electron chi connectivity index (χ4n) is 2.36. The molecule has 7 heteroatoms. The molecule has 0 bridgehead atoms. The Balaban J connectivity index is 2.77. The summed E-state index contributed by atoms with van der Waals surface area (Å²) in [6.07, 6.45) is 2.44. The Bertz CT molecular complexity index is 320. The summed E-state index contributed by atoms with van der Waals surface area (Å²) in [5.41, 5.74) is -1.50. The molecule has 1 amide bonds. The van der Waals surface area contributed by atoms with E-state index >= 15 is 0 Å². The summed E-state index contributed by atoms with van der Waals surface area (Å²) >= 11 is 0. The second-order valence-corrected chi connectivity index (χ2v) is 5.08. The minimum absolute atomic E-state index is 0.442. The molecule has 2 unspecified atom stereocenters. The highest BCUT2D eigenvalue weighted by Crippen LogP contribution is 2.30. The Labute approximate surface area is 111 Å². The molecule has 1 aliphatic rings. The quantitative estimate of drug-likeness (QED) is 0.410. The van der Waals surface area contributed by atoms with E-state index in [1.54, 1.807) is 0 Å². The van der Waals surface area contributed by atoms with E-state index in [2.05, 4.69) is 5.32 Å². The second kappa shape index (κ2) is 6.83. The van der Waals surface area contributed by atoms with Crippen LogP contribution in [0.15, 0.2) is 0 Å². The number of aliphatic hydroxyl groups is 3. The number of carbonyl (C=O) groups excluding carboxylic acids is 1. The van der Waals surface area contributed by atoms with Crippen molar-refractivity contribution in [3.05, 3.63) is 0 Å². The van der Waals surface area contributed by atoms with E-state index in [1.165, 1.54) is 0 Å². The lowest BCUT2D eigenvalue weighted by Crippen LogP contribution is -2.59. The van der Waals surface area contributed by atoms with E-state index in [-0.39, 0.29) is 0 Å². The van der Waals surface area contributed by atoms with E-state index in [9.17, 15) is 9.59 Å². The van der Waals surface area contributed by atoms with E-state index in [0.717, 1.165) is 12.8 Å². The van der Waals surface area contributed by atoms with Crippen LogP contribution in [0.3, 0.4) is 0 Å². The summed E-state index contributed by atoms with van der Waals surface area (Å²) in [7, 11) is 0. The molecule has 1 saturated carbocycles. The second-order valence-electron chi connectivity index (χ2n) is 5.08. The zero-order valence-corrected chi connectivity index (χ0v) is 10.7. The summed E-state index contributed by atoms with van der Waals surface area (Å²) in [5.74, 6) is -2.98. The molecular formula is C12H21NO6. The van der Waals surface area contributed by atoms with Crippen LogP contribution in [0.2, 0.25) is 0 Å². The van der Waals surface area contributed by atoms with Gasteiger partial charge in [0.2, 0.25) is 5.91 Å². The van der Waals surface area contributed by atoms with Gasteiger partial charge in [-0.15, -0.1) is 0 Å². The number of amides is 1. The van der Waals surface area contributed by atoms with E-state index in [4.69, 9.17) is 20.4 Å². The number of rotatable bonds is 6. The Morgan fingerprint density at radius 2 is 1.47 bits per heavy atom. The molecule has 0 radical (unpaired) electrons. The number of carboxylic acids is 1. The van der Waals surface area contributed by atoms with Crippen LogP contribution in [0.1, 0.15) is 25.7 Å². The molecule has 0 aromatic heterocycles. The predicted octanol–water partition coefficient (Wildman–Crippen LogP) is -1.29. The maximum Gasteiger partial charge on any atom is 0.307 e. The van der Waals surface area contributed by atoms with Crippen LogP contribution in [-0.2, 0) is 9.59 Å². The third kappa shape index (κ3) is 3.65. The molecule has 5 N–H and O–H groups in total. The predicted molar refractivity (Wildman–Crippen MR) is 65.2 cm³/mol. The van der Waals surface area contributed by atoms with Crippen molar-refractivity contribution in [1.29, 1.82) is 0 Å². The highest BCUT2D eigenvalue weighted by atomic mass is 16.4. The van der Waals surface area contributed by atoms with Gasteiger partial charge in [-0.1, -0.05) is 12.8 Å². The molecule has 0 saturated heterocycles. The molecule has 0 heterocycles. The Kier molecular flexibility index (Phi) is 5.71. The molecule has 0 spiro atoms. The van der Waals surface area contributed by atoms with E-state index in [1.807, 2.05) is 0 Å². The van der Waals surface area contributed by atoms with Crippen LogP contribution in [0, 0.1) is 11.8 Å². The van der Waals surface area contributed by atoms with E-state index < -0.39 is 49.1 Å². The van der Waals surface area contributed by atoms with Gasteiger partial charge in [0.15, 0.2) is 0 Å². The average Bonchev–Trinajstić information content (AvgIpc) is 2.44. The molecule has 7 nitrogen and oxygen atoms in total. The first kappa shape index (κ1) is 15.9. The SMILES string of the molecule is O=C(O)C1CCCCC1C(=O)NC(CO)(CO)CO. The summed E-state index contributed by atoms with van der Waals surface area (Å²) < 4.78 is 0. The number of carboxylic acid groups (broad SMARTS) is 1. The summed E-state index contributed by atoms with van der Waals surface area (Å²) in [6.45, 7) is -1.84. The maximum atomic E-state index is 12.1. The van der Waals surface area contributed by atoms with Crippen molar-refractivity contribution in [2.24, 2.45) is 11.8 Å². The van der Waals surface area contributed by atoms with E-state index in [0.29, 0.717) is 12.8 Å². The highest BCUT2D eigenvalue weighted by molar-refractivity contribution is 5.85. The van der Waals surface area contributed by atoms with Gasteiger partial charge in [-0.2, -0.15) is 0 Å². The zero-order chi connectivity index (χ0) is 14.5. The lowest BCUT2D eigenvalue weighted by Gasteiger charge is -2.33. The van der Waals surface area contributed by atoms with Gasteiger partial charge in [-0.3, -0.25) is 9.59 Å². The number of nitrogens with one attached hydrogen (secondary N) is 1. The number of aliphatic carboxylic acids is 1. The molecule has 0 aromatic rings. The lowest BCUT2D eigenvalue weighted by molar-refractivity contribution is -0.149. The van der Waals surface area contributed by atoms with Crippen molar-refractivity contribution in [2.45, 2.75) is 31.2 Å². The molecule has 1 rings (SSSR count). The number of hydrogen-bond donors (Lipinski definition) is 5. The molecule has 0 aromatic carbocycles. The van der Waals surface area contributed by atoms with Gasteiger partial charge in [0, 0.05) is 0 Å². The Morgan fingerprint density at radius 3 is 1.89 bits per heavy atom. The fourth-order valence-corrected chi connectivity index (χ4v) is 2.36. The average molecular weight is 275 g/mol. The van der Waals surface area contributed by atoms with Crippen LogP contribution >= 0.6 is 0 Å². The third-order valence-electron chi connectivity index (χ3n) is 3.72. The molecule has 1 aliphatic carbocycles.